The Morgan fingerprint density at radius 3 is 2.39 bits per heavy atom. The molecule has 0 fully saturated rings. The molecule has 0 aliphatic heterocycles. The average Bonchev–Trinajstić information content (AvgIpc) is 2.82. The molecular weight excluding hydrogens is 432 g/mol. The van der Waals surface area contributed by atoms with Gasteiger partial charge in [-0.05, 0) is 36.8 Å². The molecule has 33 heavy (non-hydrogen) atoms. The Balaban J connectivity index is 1.76. The van der Waals surface area contributed by atoms with Gasteiger partial charge >= 0.3 is 0 Å². The van der Waals surface area contributed by atoms with Gasteiger partial charge in [-0.15, -0.1) is 0 Å². The maximum Gasteiger partial charge on any atom is 0.247 e. The summed E-state index contributed by atoms with van der Waals surface area (Å²) < 4.78 is 44.4. The molecule has 172 valence electrons. The lowest BCUT2D eigenvalue weighted by atomic mass is 10.1. The maximum absolute atomic E-state index is 14.5. The van der Waals surface area contributed by atoms with Crippen LogP contribution < -0.4 is 24.8 Å². The Hall–Kier alpha value is -4.14. The molecule has 2 aromatic carbocycles. The summed E-state index contributed by atoms with van der Waals surface area (Å²) in [7, 11) is 2.55. The molecule has 3 rings (SSSR count). The largest absolute Gasteiger partial charge is 0.494 e. The second-order valence-electron chi connectivity index (χ2n) is 6.87. The zero-order chi connectivity index (χ0) is 24.0. The number of ether oxygens (including phenoxy) is 3. The molecule has 1 amide bonds. The predicted octanol–water partition coefficient (Wildman–Crippen LogP) is 5.13. The molecule has 0 saturated heterocycles. The lowest BCUT2D eigenvalue weighted by molar-refractivity contribution is -0.111. The first-order chi connectivity index (χ1) is 15.9. The van der Waals surface area contributed by atoms with Crippen molar-refractivity contribution in [3.8, 4) is 17.2 Å². The Kier molecular flexibility index (Phi) is 7.45. The van der Waals surface area contributed by atoms with E-state index in [0.29, 0.717) is 22.9 Å². The second-order valence-corrected chi connectivity index (χ2v) is 6.87. The Morgan fingerprint density at radius 2 is 1.82 bits per heavy atom. The van der Waals surface area contributed by atoms with Crippen molar-refractivity contribution in [3.63, 3.8) is 0 Å². The van der Waals surface area contributed by atoms with Crippen LogP contribution in [0.1, 0.15) is 11.1 Å². The number of halogens is 2. The number of pyridine rings is 1. The first-order valence-electron chi connectivity index (χ1n) is 9.85. The van der Waals surface area contributed by atoms with E-state index in [4.69, 9.17) is 14.2 Å². The van der Waals surface area contributed by atoms with Gasteiger partial charge in [0.25, 0.3) is 0 Å². The zero-order valence-electron chi connectivity index (χ0n) is 18.4. The first-order valence-corrected chi connectivity index (χ1v) is 9.85. The third-order valence-corrected chi connectivity index (χ3v) is 4.75. The molecule has 9 heteroatoms. The Labute approximate surface area is 190 Å². The summed E-state index contributed by atoms with van der Waals surface area (Å²) in [4.78, 5) is 16.0. The summed E-state index contributed by atoms with van der Waals surface area (Å²) in [5.41, 5.74) is 1.80. The van der Waals surface area contributed by atoms with Crippen molar-refractivity contribution in [3.05, 3.63) is 78.0 Å². The van der Waals surface area contributed by atoms with E-state index < -0.39 is 18.2 Å². The van der Waals surface area contributed by atoms with Crippen LogP contribution in [-0.4, -0.2) is 25.1 Å². The lowest BCUT2D eigenvalue weighted by Gasteiger charge is -2.15. The Bertz CT molecular complexity index is 1140. The van der Waals surface area contributed by atoms with Gasteiger partial charge in [0.2, 0.25) is 5.91 Å². The van der Waals surface area contributed by atoms with Gasteiger partial charge < -0.3 is 24.8 Å². The number of hydrogen-bond acceptors (Lipinski definition) is 6. The van der Waals surface area contributed by atoms with Gasteiger partial charge in [0, 0.05) is 6.07 Å². The molecule has 0 unspecified atom stereocenters. The van der Waals surface area contributed by atoms with Crippen molar-refractivity contribution in [2.75, 3.05) is 24.9 Å². The SMILES string of the molecule is C=CC(=O)Nc1cccc(C)c1Nc1ccc(OCc2c(F)c(OC)cc(OC)c2F)cn1. The number of carbonyl (C=O) groups is 1. The molecule has 2 N–H and O–H groups in total. The number of aromatic nitrogens is 1. The molecule has 1 aromatic heterocycles. The molecule has 0 bridgehead atoms. The third kappa shape index (κ3) is 5.38. The molecule has 0 saturated carbocycles. The molecular formula is C24H23F2N3O4. The van der Waals surface area contributed by atoms with Crippen LogP contribution in [0.25, 0.3) is 0 Å². The predicted molar refractivity (Wildman–Crippen MR) is 121 cm³/mol. The number of nitrogens with one attached hydrogen (secondary N) is 2. The van der Waals surface area contributed by atoms with E-state index in [1.54, 1.807) is 18.2 Å². The van der Waals surface area contributed by atoms with Gasteiger partial charge in [0.1, 0.15) is 18.2 Å². The lowest BCUT2D eigenvalue weighted by Crippen LogP contribution is -2.10. The highest BCUT2D eigenvalue weighted by molar-refractivity contribution is 6.01. The minimum atomic E-state index is -0.865. The normalized spacial score (nSPS) is 10.3. The van der Waals surface area contributed by atoms with E-state index in [-0.39, 0.29) is 23.0 Å². The van der Waals surface area contributed by atoms with Crippen LogP contribution in [0.4, 0.5) is 26.0 Å². The summed E-state index contributed by atoms with van der Waals surface area (Å²) in [6.07, 6.45) is 2.59. The molecule has 7 nitrogen and oxygen atoms in total. The van der Waals surface area contributed by atoms with Crippen molar-refractivity contribution < 1.29 is 27.8 Å². The topological polar surface area (TPSA) is 81.7 Å². The van der Waals surface area contributed by atoms with Gasteiger partial charge in [-0.3, -0.25) is 4.79 Å². The number of hydrogen-bond donors (Lipinski definition) is 2. The molecule has 3 aromatic rings. The third-order valence-electron chi connectivity index (χ3n) is 4.75. The van der Waals surface area contributed by atoms with Crippen molar-refractivity contribution in [1.29, 1.82) is 0 Å². The maximum atomic E-state index is 14.5. The van der Waals surface area contributed by atoms with E-state index in [9.17, 15) is 13.6 Å². The number of amides is 1. The second kappa shape index (κ2) is 10.4. The number of anilines is 3. The van der Waals surface area contributed by atoms with Gasteiger partial charge in [-0.2, -0.15) is 0 Å². The highest BCUT2D eigenvalue weighted by Gasteiger charge is 2.20. The van der Waals surface area contributed by atoms with E-state index in [1.807, 2.05) is 19.1 Å². The van der Waals surface area contributed by atoms with E-state index in [2.05, 4.69) is 22.2 Å². The summed E-state index contributed by atoms with van der Waals surface area (Å²) in [5.74, 6) is -1.60. The average molecular weight is 455 g/mol. The molecule has 0 aliphatic rings. The fourth-order valence-corrected chi connectivity index (χ4v) is 3.01. The fourth-order valence-electron chi connectivity index (χ4n) is 3.01. The highest BCUT2D eigenvalue weighted by Crippen LogP contribution is 2.32. The molecule has 0 atom stereocenters. The molecule has 0 radical (unpaired) electrons. The van der Waals surface area contributed by atoms with Gasteiger partial charge in [-0.25, -0.2) is 13.8 Å². The van der Waals surface area contributed by atoms with Crippen LogP contribution in [0.3, 0.4) is 0 Å². The number of aryl methyl sites for hydroxylation is 1. The van der Waals surface area contributed by atoms with Crippen molar-refractivity contribution in [1.82, 2.24) is 4.98 Å². The molecule has 0 aliphatic carbocycles. The van der Waals surface area contributed by atoms with Crippen LogP contribution in [0, 0.1) is 18.6 Å². The number of benzene rings is 2. The number of methoxy groups -OCH3 is 2. The zero-order valence-corrected chi connectivity index (χ0v) is 18.4. The van der Waals surface area contributed by atoms with Crippen LogP contribution >= 0.6 is 0 Å². The van der Waals surface area contributed by atoms with Gasteiger partial charge in [0.15, 0.2) is 23.1 Å². The minimum absolute atomic E-state index is 0.151. The fraction of sp³-hybridized carbons (Fsp3) is 0.167. The standard InChI is InChI=1S/C24H23F2N3O4/c1-5-21(30)28-17-8-6-7-14(2)24(17)29-20-10-9-15(12-27-20)33-13-16-22(25)18(31-3)11-19(32-4)23(16)26/h5-12H,1,13H2,2-4H3,(H,27,29)(H,28,30). The highest BCUT2D eigenvalue weighted by atomic mass is 19.1. The monoisotopic (exact) mass is 455 g/mol. The number of carbonyl (C=O) groups excluding carboxylic acids is 1. The summed E-state index contributed by atoms with van der Waals surface area (Å²) >= 11 is 0. The van der Waals surface area contributed by atoms with Crippen LogP contribution in [0.15, 0.2) is 55.3 Å². The van der Waals surface area contributed by atoms with Crippen LogP contribution in [0.2, 0.25) is 0 Å². The molecule has 1 heterocycles. The smallest absolute Gasteiger partial charge is 0.247 e. The molecule has 0 spiro atoms. The minimum Gasteiger partial charge on any atom is -0.494 e. The van der Waals surface area contributed by atoms with Crippen molar-refractivity contribution >= 4 is 23.1 Å². The summed E-state index contributed by atoms with van der Waals surface area (Å²) in [6.45, 7) is 4.94. The number of rotatable bonds is 9. The van der Waals surface area contributed by atoms with Crippen LogP contribution in [-0.2, 0) is 11.4 Å². The van der Waals surface area contributed by atoms with Crippen molar-refractivity contribution in [2.45, 2.75) is 13.5 Å². The van der Waals surface area contributed by atoms with Gasteiger partial charge in [-0.1, -0.05) is 18.7 Å². The Morgan fingerprint density at radius 1 is 1.12 bits per heavy atom. The number of nitrogens with zero attached hydrogens (tertiary/aromatic N) is 1. The quantitative estimate of drug-likeness (QED) is 0.435. The van der Waals surface area contributed by atoms with Crippen molar-refractivity contribution in [2.24, 2.45) is 0 Å². The number of para-hydroxylation sites is 1. The van der Waals surface area contributed by atoms with E-state index in [0.717, 1.165) is 11.6 Å². The summed E-state index contributed by atoms with van der Waals surface area (Å²) in [5, 5.41) is 5.89. The first kappa shape index (κ1) is 23.5. The summed E-state index contributed by atoms with van der Waals surface area (Å²) in [6, 6.07) is 9.82. The van der Waals surface area contributed by atoms with Crippen LogP contribution in [0.5, 0.6) is 17.2 Å². The van der Waals surface area contributed by atoms with E-state index in [1.165, 1.54) is 26.5 Å². The van der Waals surface area contributed by atoms with Gasteiger partial charge in [0.05, 0.1) is 37.4 Å². The van der Waals surface area contributed by atoms with E-state index >= 15 is 0 Å².